The molecule has 29 heavy (non-hydrogen) atoms. The van der Waals surface area contributed by atoms with Crippen LogP contribution in [-0.4, -0.2) is 40.5 Å². The number of pyridine rings is 2. The standard InChI is InChI=1S/C23H22N4OS/c1-14-2-3-15(13-25-14)21-12-20(23(24)28)19-11-16-10-17(27-6-8-29-9-7-27)4-5-18(16)22(19)26-21/h2-5,10,12-13H,6-9,11H2,1H3,(H2,24,28). The van der Waals surface area contributed by atoms with E-state index in [9.17, 15) is 4.79 Å². The fourth-order valence-corrected chi connectivity index (χ4v) is 5.03. The number of carbonyl (C=O) groups is 1. The maximum atomic E-state index is 12.2. The van der Waals surface area contributed by atoms with Gasteiger partial charge in [0.05, 0.1) is 11.4 Å². The van der Waals surface area contributed by atoms with Crippen LogP contribution in [0.5, 0.6) is 0 Å². The third kappa shape index (κ3) is 3.27. The van der Waals surface area contributed by atoms with Crippen molar-refractivity contribution >= 4 is 23.4 Å². The van der Waals surface area contributed by atoms with E-state index in [0.717, 1.165) is 46.9 Å². The Morgan fingerprint density at radius 2 is 1.97 bits per heavy atom. The molecule has 2 aromatic heterocycles. The predicted molar refractivity (Wildman–Crippen MR) is 119 cm³/mol. The van der Waals surface area contributed by atoms with Crippen LogP contribution in [0.4, 0.5) is 5.69 Å². The Bertz CT molecular complexity index is 1100. The highest BCUT2D eigenvalue weighted by molar-refractivity contribution is 7.99. The number of thioether (sulfide) groups is 1. The molecule has 1 aromatic carbocycles. The van der Waals surface area contributed by atoms with Gasteiger partial charge in [-0.05, 0) is 48.4 Å². The molecule has 0 bridgehead atoms. The number of hydrogen-bond donors (Lipinski definition) is 1. The number of nitrogens with zero attached hydrogens (tertiary/aromatic N) is 3. The first-order valence-corrected chi connectivity index (χ1v) is 11.0. The third-order valence-corrected chi connectivity index (χ3v) is 6.63. The molecule has 1 aliphatic carbocycles. The maximum absolute atomic E-state index is 12.2. The molecule has 0 radical (unpaired) electrons. The predicted octanol–water partition coefficient (Wildman–Crippen LogP) is 3.68. The number of amides is 1. The zero-order valence-corrected chi connectivity index (χ0v) is 17.1. The largest absolute Gasteiger partial charge is 0.370 e. The number of primary amides is 1. The van der Waals surface area contributed by atoms with Crippen molar-refractivity contribution in [1.82, 2.24) is 9.97 Å². The number of benzene rings is 1. The maximum Gasteiger partial charge on any atom is 0.249 e. The van der Waals surface area contributed by atoms with Gasteiger partial charge < -0.3 is 10.6 Å². The SMILES string of the molecule is Cc1ccc(-c2cc(C(N)=O)c3c(n2)-c2ccc(N4CCSCC4)cc2C3)cn1. The van der Waals surface area contributed by atoms with Gasteiger partial charge in [0.25, 0.3) is 0 Å². The van der Waals surface area contributed by atoms with Gasteiger partial charge in [0.1, 0.15) is 0 Å². The number of rotatable bonds is 3. The Morgan fingerprint density at radius 3 is 2.69 bits per heavy atom. The van der Waals surface area contributed by atoms with Gasteiger partial charge in [-0.15, -0.1) is 0 Å². The summed E-state index contributed by atoms with van der Waals surface area (Å²) in [5, 5.41) is 0. The molecule has 0 unspecified atom stereocenters. The second-order valence-corrected chi connectivity index (χ2v) is 8.78. The van der Waals surface area contributed by atoms with E-state index >= 15 is 0 Å². The summed E-state index contributed by atoms with van der Waals surface area (Å²) in [5.74, 6) is 1.92. The number of hydrogen-bond acceptors (Lipinski definition) is 5. The van der Waals surface area contributed by atoms with Gasteiger partial charge in [-0.3, -0.25) is 9.78 Å². The van der Waals surface area contributed by atoms with Crippen LogP contribution in [0.15, 0.2) is 42.6 Å². The van der Waals surface area contributed by atoms with Crippen LogP contribution in [0.3, 0.4) is 0 Å². The zero-order chi connectivity index (χ0) is 20.0. The molecule has 5 nitrogen and oxygen atoms in total. The van der Waals surface area contributed by atoms with Crippen LogP contribution in [0.2, 0.25) is 0 Å². The second kappa shape index (κ2) is 7.19. The van der Waals surface area contributed by atoms with Crippen LogP contribution < -0.4 is 10.6 Å². The molecule has 0 saturated carbocycles. The van der Waals surface area contributed by atoms with Crippen LogP contribution in [0.1, 0.15) is 27.2 Å². The van der Waals surface area contributed by atoms with Crippen LogP contribution in [0.25, 0.3) is 22.5 Å². The first-order chi connectivity index (χ1) is 14.1. The van der Waals surface area contributed by atoms with E-state index in [0.29, 0.717) is 12.0 Å². The Labute approximate surface area is 174 Å². The van der Waals surface area contributed by atoms with E-state index in [1.54, 1.807) is 6.20 Å². The van der Waals surface area contributed by atoms with E-state index in [4.69, 9.17) is 10.7 Å². The summed E-state index contributed by atoms with van der Waals surface area (Å²) in [6, 6.07) is 12.3. The molecular formula is C23H22N4OS. The van der Waals surface area contributed by atoms with Crippen molar-refractivity contribution in [3.8, 4) is 22.5 Å². The average Bonchev–Trinajstić information content (AvgIpc) is 3.12. The average molecular weight is 403 g/mol. The van der Waals surface area contributed by atoms with E-state index in [1.807, 2.05) is 36.9 Å². The van der Waals surface area contributed by atoms with E-state index < -0.39 is 5.91 Å². The number of nitrogens with two attached hydrogens (primary N) is 1. The fourth-order valence-electron chi connectivity index (χ4n) is 4.13. The highest BCUT2D eigenvalue weighted by Crippen LogP contribution is 2.40. The monoisotopic (exact) mass is 402 g/mol. The van der Waals surface area contributed by atoms with Gasteiger partial charge in [0.15, 0.2) is 0 Å². The molecular weight excluding hydrogens is 380 g/mol. The quantitative estimate of drug-likeness (QED) is 0.566. The smallest absolute Gasteiger partial charge is 0.249 e. The lowest BCUT2D eigenvalue weighted by molar-refractivity contribution is 0.0999. The van der Waals surface area contributed by atoms with Gasteiger partial charge in [-0.25, -0.2) is 4.98 Å². The lowest BCUT2D eigenvalue weighted by Gasteiger charge is -2.28. The number of carbonyl (C=O) groups excluding carboxylic acids is 1. The summed E-state index contributed by atoms with van der Waals surface area (Å²) in [6.07, 6.45) is 2.49. The molecule has 1 aliphatic heterocycles. The van der Waals surface area contributed by atoms with Crippen molar-refractivity contribution in [3.05, 3.63) is 65.0 Å². The van der Waals surface area contributed by atoms with Gasteiger partial charge in [-0.2, -0.15) is 11.8 Å². The molecule has 1 saturated heterocycles. The third-order valence-electron chi connectivity index (χ3n) is 5.68. The molecule has 146 valence electrons. The number of fused-ring (bicyclic) bond motifs is 3. The number of aryl methyl sites for hydroxylation is 1. The highest BCUT2D eigenvalue weighted by atomic mass is 32.2. The Hall–Kier alpha value is -2.86. The van der Waals surface area contributed by atoms with Crippen LogP contribution in [0, 0.1) is 6.92 Å². The van der Waals surface area contributed by atoms with E-state index in [2.05, 4.69) is 28.1 Å². The van der Waals surface area contributed by atoms with E-state index in [-0.39, 0.29) is 0 Å². The van der Waals surface area contributed by atoms with Crippen molar-refractivity contribution < 1.29 is 4.79 Å². The summed E-state index contributed by atoms with van der Waals surface area (Å²) in [7, 11) is 0. The topological polar surface area (TPSA) is 72.1 Å². The van der Waals surface area contributed by atoms with Gasteiger partial charge in [0, 0.05) is 65.3 Å². The van der Waals surface area contributed by atoms with Gasteiger partial charge >= 0.3 is 0 Å². The number of aromatic nitrogens is 2. The molecule has 3 aromatic rings. The molecule has 6 heteroatoms. The van der Waals surface area contributed by atoms with Crippen molar-refractivity contribution in [2.45, 2.75) is 13.3 Å². The summed E-state index contributed by atoms with van der Waals surface area (Å²) in [4.78, 5) is 24.0. The molecule has 1 fully saturated rings. The Morgan fingerprint density at radius 1 is 1.14 bits per heavy atom. The van der Waals surface area contributed by atoms with E-state index in [1.165, 1.54) is 22.8 Å². The summed E-state index contributed by atoms with van der Waals surface area (Å²) < 4.78 is 0. The van der Waals surface area contributed by atoms with Crippen molar-refractivity contribution in [3.63, 3.8) is 0 Å². The molecule has 0 atom stereocenters. The molecule has 2 aliphatic rings. The second-order valence-electron chi connectivity index (χ2n) is 7.55. The lowest BCUT2D eigenvalue weighted by atomic mass is 10.0. The first kappa shape index (κ1) is 18.2. The zero-order valence-electron chi connectivity index (χ0n) is 16.3. The molecule has 1 amide bonds. The molecule has 0 spiro atoms. The molecule has 5 rings (SSSR count). The summed E-state index contributed by atoms with van der Waals surface area (Å²) >= 11 is 2.01. The summed E-state index contributed by atoms with van der Waals surface area (Å²) in [6.45, 7) is 4.10. The van der Waals surface area contributed by atoms with Crippen LogP contribution in [-0.2, 0) is 6.42 Å². The van der Waals surface area contributed by atoms with Gasteiger partial charge in [0.2, 0.25) is 5.91 Å². The van der Waals surface area contributed by atoms with Crippen molar-refractivity contribution in [1.29, 1.82) is 0 Å². The Kier molecular flexibility index (Phi) is 4.51. The minimum atomic E-state index is -0.411. The highest BCUT2D eigenvalue weighted by Gasteiger charge is 2.27. The normalized spacial score (nSPS) is 15.1. The first-order valence-electron chi connectivity index (χ1n) is 9.83. The minimum Gasteiger partial charge on any atom is -0.370 e. The fraction of sp³-hybridized carbons (Fsp3) is 0.261. The summed E-state index contributed by atoms with van der Waals surface area (Å²) in [5.41, 5.74) is 14.2. The van der Waals surface area contributed by atoms with Crippen LogP contribution >= 0.6 is 11.8 Å². The minimum absolute atomic E-state index is 0.411. The van der Waals surface area contributed by atoms with Gasteiger partial charge in [-0.1, -0.05) is 6.07 Å². The van der Waals surface area contributed by atoms with Crippen molar-refractivity contribution in [2.75, 3.05) is 29.5 Å². The molecule has 2 N–H and O–H groups in total. The Balaban J connectivity index is 1.60. The number of anilines is 1. The van der Waals surface area contributed by atoms with Crippen molar-refractivity contribution in [2.24, 2.45) is 5.73 Å². The molecule has 3 heterocycles. The lowest BCUT2D eigenvalue weighted by Crippen LogP contribution is -2.32.